The van der Waals surface area contributed by atoms with Gasteiger partial charge in [0.05, 0.1) is 23.0 Å². The quantitative estimate of drug-likeness (QED) is 0.674. The number of benzene rings is 1. The van der Waals surface area contributed by atoms with Gasteiger partial charge < -0.3 is 15.5 Å². The topological polar surface area (TPSA) is 92.2 Å². The van der Waals surface area contributed by atoms with Gasteiger partial charge in [-0.2, -0.15) is 0 Å². The molecule has 0 atom stereocenters. The maximum Gasteiger partial charge on any atom is 0.239 e. The number of hydrogen-bond acceptors (Lipinski definition) is 6. The van der Waals surface area contributed by atoms with Crippen LogP contribution in [0.2, 0.25) is 5.02 Å². The van der Waals surface area contributed by atoms with Crippen LogP contribution in [0.15, 0.2) is 29.4 Å². The van der Waals surface area contributed by atoms with Crippen molar-refractivity contribution in [1.82, 2.24) is 25.4 Å². The second-order valence-corrected chi connectivity index (χ2v) is 7.35. The first-order valence-electron chi connectivity index (χ1n) is 8.65. The molecule has 2 heterocycles. The number of amides is 2. The first-order valence-corrected chi connectivity index (χ1v) is 10.0. The summed E-state index contributed by atoms with van der Waals surface area (Å²) < 4.78 is 1.89. The summed E-state index contributed by atoms with van der Waals surface area (Å²) in [5.74, 6) is 0.359. The number of aromatic nitrogens is 3. The van der Waals surface area contributed by atoms with Crippen LogP contribution in [0, 0.1) is 0 Å². The van der Waals surface area contributed by atoms with Gasteiger partial charge in [0.1, 0.15) is 0 Å². The maximum absolute atomic E-state index is 12.0. The minimum absolute atomic E-state index is 0.0495. The number of nitrogens with zero attached hydrogens (tertiary/aromatic N) is 4. The minimum Gasteiger partial charge on any atom is -0.358 e. The van der Waals surface area contributed by atoms with E-state index in [1.54, 1.807) is 0 Å². The molecule has 0 aliphatic carbocycles. The molecule has 27 heavy (non-hydrogen) atoms. The van der Waals surface area contributed by atoms with Crippen molar-refractivity contribution >= 4 is 41.1 Å². The fraction of sp³-hybridized carbons (Fsp3) is 0.412. The molecule has 2 aromatic rings. The Balaban J connectivity index is 1.80. The molecular weight excluding hydrogens is 388 g/mol. The van der Waals surface area contributed by atoms with Gasteiger partial charge in [-0.1, -0.05) is 35.5 Å². The summed E-state index contributed by atoms with van der Waals surface area (Å²) in [7, 11) is 1.52. The van der Waals surface area contributed by atoms with E-state index in [1.807, 2.05) is 28.8 Å². The van der Waals surface area contributed by atoms with E-state index >= 15 is 0 Å². The van der Waals surface area contributed by atoms with Gasteiger partial charge in [-0.05, 0) is 25.0 Å². The summed E-state index contributed by atoms with van der Waals surface area (Å²) in [6.45, 7) is 1.78. The summed E-state index contributed by atoms with van der Waals surface area (Å²) in [5, 5.41) is 14.8. The Bertz CT molecular complexity index is 822. The number of carbonyl (C=O) groups excluding carboxylic acids is 2. The number of anilines is 1. The Morgan fingerprint density at radius 1 is 1.19 bits per heavy atom. The fourth-order valence-corrected chi connectivity index (χ4v) is 3.76. The number of halogens is 1. The Labute approximate surface area is 166 Å². The molecule has 144 valence electrons. The van der Waals surface area contributed by atoms with E-state index in [-0.39, 0.29) is 24.1 Å². The van der Waals surface area contributed by atoms with Gasteiger partial charge in [0.15, 0.2) is 5.16 Å². The van der Waals surface area contributed by atoms with Gasteiger partial charge in [0.25, 0.3) is 0 Å². The van der Waals surface area contributed by atoms with Gasteiger partial charge in [0, 0.05) is 20.1 Å². The third kappa shape index (κ3) is 4.72. The van der Waals surface area contributed by atoms with Crippen LogP contribution in [0.3, 0.4) is 0 Å². The summed E-state index contributed by atoms with van der Waals surface area (Å²) in [4.78, 5) is 25.4. The molecule has 2 N–H and O–H groups in total. The number of para-hydroxylation sites is 1. The lowest BCUT2D eigenvalue weighted by atomic mass is 10.3. The van der Waals surface area contributed by atoms with Gasteiger partial charge in [-0.15, -0.1) is 10.2 Å². The smallest absolute Gasteiger partial charge is 0.239 e. The molecule has 1 saturated heterocycles. The van der Waals surface area contributed by atoms with Crippen molar-refractivity contribution in [2.45, 2.75) is 18.0 Å². The zero-order valence-electron chi connectivity index (χ0n) is 14.9. The second-order valence-electron chi connectivity index (χ2n) is 6.00. The number of hydrogen-bond donors (Lipinski definition) is 2. The third-order valence-electron chi connectivity index (χ3n) is 4.16. The molecule has 1 aliphatic heterocycles. The lowest BCUT2D eigenvalue weighted by Gasteiger charge is -2.19. The van der Waals surface area contributed by atoms with E-state index in [9.17, 15) is 9.59 Å². The van der Waals surface area contributed by atoms with E-state index in [1.165, 1.54) is 18.8 Å². The third-order valence-corrected chi connectivity index (χ3v) is 5.40. The molecule has 10 heteroatoms. The summed E-state index contributed by atoms with van der Waals surface area (Å²) >= 11 is 7.66. The minimum atomic E-state index is -0.250. The fourth-order valence-electron chi connectivity index (χ4n) is 2.77. The van der Waals surface area contributed by atoms with Crippen molar-refractivity contribution in [2.75, 3.05) is 37.3 Å². The molecule has 2 amide bonds. The van der Waals surface area contributed by atoms with Crippen molar-refractivity contribution in [3.8, 4) is 5.69 Å². The molecule has 1 aliphatic rings. The average molecular weight is 409 g/mol. The molecular formula is C17H21ClN6O2S. The van der Waals surface area contributed by atoms with Crippen LogP contribution < -0.4 is 15.5 Å². The Morgan fingerprint density at radius 3 is 2.63 bits per heavy atom. The number of nitrogens with one attached hydrogen (secondary N) is 2. The number of thioether (sulfide) groups is 1. The summed E-state index contributed by atoms with van der Waals surface area (Å²) in [5.41, 5.74) is 0.777. The molecule has 1 aromatic heterocycles. The van der Waals surface area contributed by atoms with Crippen LogP contribution >= 0.6 is 23.4 Å². The number of likely N-dealkylation sites (N-methyl/N-ethyl adjacent to an activating group) is 1. The molecule has 1 aromatic carbocycles. The number of rotatable bonds is 7. The molecule has 0 unspecified atom stereocenters. The van der Waals surface area contributed by atoms with Crippen molar-refractivity contribution in [3.05, 3.63) is 29.3 Å². The van der Waals surface area contributed by atoms with Crippen molar-refractivity contribution in [1.29, 1.82) is 0 Å². The van der Waals surface area contributed by atoms with E-state index < -0.39 is 0 Å². The van der Waals surface area contributed by atoms with Crippen LogP contribution in [0.5, 0.6) is 0 Å². The molecule has 0 spiro atoms. The van der Waals surface area contributed by atoms with Crippen LogP contribution in [-0.4, -0.2) is 59.0 Å². The highest BCUT2D eigenvalue weighted by atomic mass is 35.5. The maximum atomic E-state index is 12.0. The van der Waals surface area contributed by atoms with Gasteiger partial charge in [0.2, 0.25) is 17.8 Å². The number of carbonyl (C=O) groups is 2. The van der Waals surface area contributed by atoms with Crippen LogP contribution in [-0.2, 0) is 9.59 Å². The lowest BCUT2D eigenvalue weighted by molar-refractivity contribution is -0.124. The zero-order chi connectivity index (χ0) is 19.2. The molecule has 0 saturated carbocycles. The van der Waals surface area contributed by atoms with E-state index in [4.69, 9.17) is 11.6 Å². The summed E-state index contributed by atoms with van der Waals surface area (Å²) in [6, 6.07) is 7.49. The van der Waals surface area contributed by atoms with Crippen molar-refractivity contribution in [2.24, 2.45) is 0 Å². The second kappa shape index (κ2) is 9.09. The Hall–Kier alpha value is -2.26. The SMILES string of the molecule is CNC(=O)CNC(=O)CSc1nnc(N2CCCC2)n1-c1ccccc1Cl. The lowest BCUT2D eigenvalue weighted by Crippen LogP contribution is -2.36. The largest absolute Gasteiger partial charge is 0.358 e. The average Bonchev–Trinajstić information content (AvgIpc) is 3.34. The normalized spacial score (nSPS) is 13.6. The van der Waals surface area contributed by atoms with E-state index in [0.29, 0.717) is 10.2 Å². The highest BCUT2D eigenvalue weighted by molar-refractivity contribution is 7.99. The summed E-state index contributed by atoms with van der Waals surface area (Å²) in [6.07, 6.45) is 2.22. The molecule has 1 fully saturated rings. The highest BCUT2D eigenvalue weighted by Crippen LogP contribution is 2.31. The van der Waals surface area contributed by atoms with Gasteiger partial charge in [-0.3, -0.25) is 14.2 Å². The van der Waals surface area contributed by atoms with Crippen molar-refractivity contribution in [3.63, 3.8) is 0 Å². The Morgan fingerprint density at radius 2 is 1.93 bits per heavy atom. The highest BCUT2D eigenvalue weighted by Gasteiger charge is 2.23. The van der Waals surface area contributed by atoms with Crippen molar-refractivity contribution < 1.29 is 9.59 Å². The predicted molar refractivity (Wildman–Crippen MR) is 106 cm³/mol. The first kappa shape index (κ1) is 19.5. The first-order chi connectivity index (χ1) is 13.1. The van der Waals surface area contributed by atoms with E-state index in [2.05, 4.69) is 25.7 Å². The molecule has 0 bridgehead atoms. The molecule has 0 radical (unpaired) electrons. The van der Waals surface area contributed by atoms with Crippen LogP contribution in [0.1, 0.15) is 12.8 Å². The zero-order valence-corrected chi connectivity index (χ0v) is 16.5. The van der Waals surface area contributed by atoms with Gasteiger partial charge in [-0.25, -0.2) is 0 Å². The molecule has 3 rings (SSSR count). The predicted octanol–water partition coefficient (Wildman–Crippen LogP) is 1.48. The van der Waals surface area contributed by atoms with Gasteiger partial charge >= 0.3 is 0 Å². The molecule has 8 nitrogen and oxygen atoms in total. The standard InChI is InChI=1S/C17H21ClN6O2S/c1-19-14(25)10-20-15(26)11-27-17-22-21-16(23-8-4-5-9-23)24(17)13-7-3-2-6-12(13)18/h2-3,6-7H,4-5,8-11H2,1H3,(H,19,25)(H,20,26). The van der Waals surface area contributed by atoms with Crippen LogP contribution in [0.4, 0.5) is 5.95 Å². The van der Waals surface area contributed by atoms with E-state index in [0.717, 1.165) is 37.6 Å². The monoisotopic (exact) mass is 408 g/mol. The van der Waals surface area contributed by atoms with Crippen LogP contribution in [0.25, 0.3) is 5.69 Å². The Kier molecular flexibility index (Phi) is 6.57.